The first-order valence-electron chi connectivity index (χ1n) is 8.56. The largest absolute Gasteiger partial charge is 0.476 e. The molecular weight excluding hydrogens is 276 g/mol. The van der Waals surface area contributed by atoms with Gasteiger partial charge in [-0.1, -0.05) is 39.3 Å². The number of methoxy groups -OCH3 is 1. The van der Waals surface area contributed by atoms with Gasteiger partial charge in [0.2, 0.25) is 5.60 Å². The Hall–Kier alpha value is -1.51. The van der Waals surface area contributed by atoms with Crippen LogP contribution in [0.5, 0.6) is 5.75 Å². The van der Waals surface area contributed by atoms with E-state index >= 15 is 0 Å². The van der Waals surface area contributed by atoms with Crippen LogP contribution in [-0.2, 0) is 16.0 Å². The third-order valence-electron chi connectivity index (χ3n) is 4.02. The van der Waals surface area contributed by atoms with Crippen molar-refractivity contribution in [3.05, 3.63) is 29.8 Å². The maximum absolute atomic E-state index is 12.0. The van der Waals surface area contributed by atoms with Crippen LogP contribution in [0, 0.1) is 0 Å². The molecule has 0 aromatic heterocycles. The Bertz CT molecular complexity index is 430. The van der Waals surface area contributed by atoms with Gasteiger partial charge in [0.15, 0.2) is 0 Å². The number of carbonyl (C=O) groups excluding carboxylic acids is 1. The van der Waals surface area contributed by atoms with E-state index < -0.39 is 5.60 Å². The van der Waals surface area contributed by atoms with Crippen molar-refractivity contribution in [3.63, 3.8) is 0 Å². The molecular formula is C19H30O3. The van der Waals surface area contributed by atoms with Crippen molar-refractivity contribution in [2.45, 2.75) is 71.3 Å². The number of hydrogen-bond acceptors (Lipinski definition) is 3. The van der Waals surface area contributed by atoms with Crippen molar-refractivity contribution in [1.82, 2.24) is 0 Å². The number of carbonyl (C=O) groups is 1. The maximum atomic E-state index is 12.0. The molecule has 1 aliphatic carbocycles. The van der Waals surface area contributed by atoms with E-state index in [1.165, 1.54) is 25.5 Å². The molecule has 1 saturated carbocycles. The van der Waals surface area contributed by atoms with Gasteiger partial charge in [0.25, 0.3) is 0 Å². The molecule has 124 valence electrons. The molecule has 22 heavy (non-hydrogen) atoms. The number of benzene rings is 1. The Morgan fingerprint density at radius 1 is 1.14 bits per heavy atom. The van der Waals surface area contributed by atoms with Gasteiger partial charge < -0.3 is 9.47 Å². The van der Waals surface area contributed by atoms with E-state index in [0.717, 1.165) is 37.9 Å². The molecule has 0 bridgehead atoms. The molecule has 0 aliphatic heterocycles. The summed E-state index contributed by atoms with van der Waals surface area (Å²) in [7, 11) is 1.43. The molecule has 3 heteroatoms. The Morgan fingerprint density at radius 2 is 1.73 bits per heavy atom. The minimum atomic E-state index is -0.764. The fourth-order valence-electron chi connectivity index (χ4n) is 2.81. The SMILES string of the molecule is CC.CCCCc1ccc(OC2(C(=O)OC)CCCC2)cc1. The zero-order valence-electron chi connectivity index (χ0n) is 14.5. The molecule has 0 saturated heterocycles. The average Bonchev–Trinajstić information content (AvgIpc) is 3.05. The quantitative estimate of drug-likeness (QED) is 0.700. The molecule has 0 spiro atoms. The third-order valence-corrected chi connectivity index (χ3v) is 4.02. The lowest BCUT2D eigenvalue weighted by atomic mass is 10.0. The van der Waals surface area contributed by atoms with Gasteiger partial charge >= 0.3 is 5.97 Å². The normalized spacial score (nSPS) is 15.6. The fourth-order valence-corrected chi connectivity index (χ4v) is 2.81. The molecule has 0 amide bonds. The van der Waals surface area contributed by atoms with Crippen molar-refractivity contribution in [2.24, 2.45) is 0 Å². The third kappa shape index (κ3) is 4.75. The molecule has 3 nitrogen and oxygen atoms in total. The summed E-state index contributed by atoms with van der Waals surface area (Å²) >= 11 is 0. The topological polar surface area (TPSA) is 35.5 Å². The Balaban J connectivity index is 0.00000116. The van der Waals surface area contributed by atoms with Gasteiger partial charge in [-0.3, -0.25) is 0 Å². The van der Waals surface area contributed by atoms with Crippen LogP contribution < -0.4 is 4.74 Å². The van der Waals surface area contributed by atoms with Gasteiger partial charge in [0.05, 0.1) is 7.11 Å². The van der Waals surface area contributed by atoms with Gasteiger partial charge in [0, 0.05) is 0 Å². The smallest absolute Gasteiger partial charge is 0.350 e. The van der Waals surface area contributed by atoms with Crippen LogP contribution >= 0.6 is 0 Å². The first kappa shape index (κ1) is 18.5. The molecule has 1 aliphatic rings. The van der Waals surface area contributed by atoms with E-state index in [9.17, 15) is 4.79 Å². The molecule has 0 heterocycles. The van der Waals surface area contributed by atoms with E-state index in [0.29, 0.717) is 0 Å². The van der Waals surface area contributed by atoms with Crippen molar-refractivity contribution >= 4 is 5.97 Å². The summed E-state index contributed by atoms with van der Waals surface area (Å²) in [6.45, 7) is 6.19. The molecule has 0 unspecified atom stereocenters. The Morgan fingerprint density at radius 3 is 2.23 bits per heavy atom. The minimum Gasteiger partial charge on any atom is -0.476 e. The van der Waals surface area contributed by atoms with Gasteiger partial charge in [-0.25, -0.2) is 4.79 Å². The summed E-state index contributed by atoms with van der Waals surface area (Å²) in [5, 5.41) is 0. The highest BCUT2D eigenvalue weighted by Crippen LogP contribution is 2.35. The number of hydrogen-bond donors (Lipinski definition) is 0. The Labute approximate surface area is 135 Å². The predicted molar refractivity (Wildman–Crippen MR) is 90.2 cm³/mol. The van der Waals surface area contributed by atoms with Crippen molar-refractivity contribution in [2.75, 3.05) is 7.11 Å². The fraction of sp³-hybridized carbons (Fsp3) is 0.632. The summed E-state index contributed by atoms with van der Waals surface area (Å²) in [6, 6.07) is 8.11. The predicted octanol–water partition coefficient (Wildman–Crippen LogP) is 4.92. The van der Waals surface area contributed by atoms with Crippen LogP contribution in [-0.4, -0.2) is 18.7 Å². The zero-order chi connectivity index (χ0) is 16.4. The standard InChI is InChI=1S/C17H24O3.C2H6/c1-3-4-7-14-8-10-15(11-9-14)20-17(16(18)19-2)12-5-6-13-17;1-2/h8-11H,3-7,12-13H2,1-2H3;1-2H3. The van der Waals surface area contributed by atoms with Crippen LogP contribution in [0.1, 0.15) is 64.9 Å². The monoisotopic (exact) mass is 306 g/mol. The van der Waals surface area contributed by atoms with Gasteiger partial charge in [-0.15, -0.1) is 0 Å². The van der Waals surface area contributed by atoms with Crippen LogP contribution in [0.3, 0.4) is 0 Å². The molecule has 2 rings (SSSR count). The second-order valence-corrected chi connectivity index (χ2v) is 5.54. The number of rotatable bonds is 6. The molecule has 0 radical (unpaired) electrons. The summed E-state index contributed by atoms with van der Waals surface area (Å²) in [4.78, 5) is 12.0. The second-order valence-electron chi connectivity index (χ2n) is 5.54. The van der Waals surface area contributed by atoms with Crippen LogP contribution in [0.4, 0.5) is 0 Å². The van der Waals surface area contributed by atoms with E-state index in [4.69, 9.17) is 9.47 Å². The Kier molecular flexibility index (Phi) is 8.00. The first-order chi connectivity index (χ1) is 10.7. The number of aryl methyl sites for hydroxylation is 1. The lowest BCUT2D eigenvalue weighted by Crippen LogP contribution is -2.42. The maximum Gasteiger partial charge on any atom is 0.350 e. The van der Waals surface area contributed by atoms with E-state index in [1.807, 2.05) is 26.0 Å². The lowest BCUT2D eigenvalue weighted by Gasteiger charge is -2.27. The highest BCUT2D eigenvalue weighted by Gasteiger charge is 2.44. The van der Waals surface area contributed by atoms with Crippen LogP contribution in [0.2, 0.25) is 0 Å². The number of esters is 1. The van der Waals surface area contributed by atoms with Gasteiger partial charge in [-0.05, 0) is 56.2 Å². The first-order valence-corrected chi connectivity index (χ1v) is 8.56. The molecule has 1 aromatic carbocycles. The highest BCUT2D eigenvalue weighted by atomic mass is 16.6. The summed E-state index contributed by atoms with van der Waals surface area (Å²) in [5.41, 5.74) is 0.553. The molecule has 0 atom stereocenters. The summed E-state index contributed by atoms with van der Waals surface area (Å²) < 4.78 is 10.9. The number of ether oxygens (including phenoxy) is 2. The molecule has 1 fully saturated rings. The molecule has 1 aromatic rings. The van der Waals surface area contributed by atoms with Gasteiger partial charge in [-0.2, -0.15) is 0 Å². The van der Waals surface area contributed by atoms with Crippen molar-refractivity contribution in [3.8, 4) is 5.75 Å². The zero-order valence-corrected chi connectivity index (χ0v) is 14.5. The van der Waals surface area contributed by atoms with E-state index in [1.54, 1.807) is 0 Å². The second kappa shape index (κ2) is 9.50. The van der Waals surface area contributed by atoms with E-state index in [2.05, 4.69) is 19.1 Å². The van der Waals surface area contributed by atoms with Crippen molar-refractivity contribution in [1.29, 1.82) is 0 Å². The average molecular weight is 306 g/mol. The van der Waals surface area contributed by atoms with E-state index in [-0.39, 0.29) is 5.97 Å². The lowest BCUT2D eigenvalue weighted by molar-refractivity contribution is -0.158. The highest BCUT2D eigenvalue weighted by molar-refractivity contribution is 5.80. The van der Waals surface area contributed by atoms with Crippen LogP contribution in [0.25, 0.3) is 0 Å². The molecule has 0 N–H and O–H groups in total. The summed E-state index contributed by atoms with van der Waals surface area (Å²) in [6.07, 6.45) is 7.02. The van der Waals surface area contributed by atoms with Crippen molar-refractivity contribution < 1.29 is 14.3 Å². The van der Waals surface area contributed by atoms with Gasteiger partial charge in [0.1, 0.15) is 5.75 Å². The van der Waals surface area contributed by atoms with Crippen LogP contribution in [0.15, 0.2) is 24.3 Å². The minimum absolute atomic E-state index is 0.245. The number of unbranched alkanes of at least 4 members (excludes halogenated alkanes) is 1. The summed E-state index contributed by atoms with van der Waals surface area (Å²) in [5.74, 6) is 0.516.